The van der Waals surface area contributed by atoms with Crippen molar-refractivity contribution in [2.24, 2.45) is 0 Å². The zero-order valence-corrected chi connectivity index (χ0v) is 10.6. The van der Waals surface area contributed by atoms with E-state index >= 15 is 0 Å². The summed E-state index contributed by atoms with van der Waals surface area (Å²) in [5.74, 6) is 0. The lowest BCUT2D eigenvalue weighted by atomic mass is 10.1. The highest BCUT2D eigenvalue weighted by Gasteiger charge is 2.30. The first-order valence-corrected chi connectivity index (χ1v) is 6.08. The molecule has 0 amide bonds. The fraction of sp³-hybridized carbons (Fsp3) is 0.538. The Labute approximate surface area is 109 Å². The topological polar surface area (TPSA) is 30.5 Å². The van der Waals surface area contributed by atoms with Crippen LogP contribution in [-0.2, 0) is 15.7 Å². The van der Waals surface area contributed by atoms with Gasteiger partial charge in [-0.05, 0) is 31.0 Å². The van der Waals surface area contributed by atoms with E-state index in [1.54, 1.807) is 6.92 Å². The first kappa shape index (κ1) is 14.1. The molecule has 2 rings (SSSR count). The molecule has 1 unspecified atom stereocenters. The summed E-state index contributed by atoms with van der Waals surface area (Å²) >= 11 is 0. The normalized spacial score (nSPS) is 20.3. The maximum Gasteiger partial charge on any atom is 0.416 e. The third-order valence-electron chi connectivity index (χ3n) is 3.06. The summed E-state index contributed by atoms with van der Waals surface area (Å²) in [4.78, 5) is 0. The van der Waals surface area contributed by atoms with Crippen LogP contribution >= 0.6 is 0 Å². The minimum Gasteiger partial charge on any atom is -0.382 e. The second-order valence-corrected chi connectivity index (χ2v) is 4.51. The monoisotopic (exact) mass is 275 g/mol. The number of benzene rings is 1. The van der Waals surface area contributed by atoms with Gasteiger partial charge in [-0.15, -0.1) is 0 Å². The van der Waals surface area contributed by atoms with E-state index in [0.717, 1.165) is 24.1 Å². The molecule has 106 valence electrons. The molecule has 0 aliphatic carbocycles. The van der Waals surface area contributed by atoms with E-state index in [1.165, 1.54) is 6.07 Å². The van der Waals surface area contributed by atoms with Crippen LogP contribution in [0.1, 0.15) is 17.5 Å². The van der Waals surface area contributed by atoms with Gasteiger partial charge in [0, 0.05) is 12.2 Å². The molecule has 1 saturated heterocycles. The van der Waals surface area contributed by atoms with Crippen LogP contribution in [-0.4, -0.2) is 26.0 Å². The molecule has 1 aromatic rings. The Hall–Kier alpha value is -1.27. The van der Waals surface area contributed by atoms with Crippen LogP contribution in [0.2, 0.25) is 0 Å². The summed E-state index contributed by atoms with van der Waals surface area (Å²) in [6, 6.07) is 3.69. The SMILES string of the molecule is Cc1ccc(C(F)(F)F)cc1NCC1CCOCO1. The molecule has 3 nitrogen and oxygen atoms in total. The first-order valence-electron chi connectivity index (χ1n) is 6.08. The molecule has 1 aliphatic heterocycles. The molecule has 0 radical (unpaired) electrons. The minimum absolute atomic E-state index is 0.0253. The predicted molar refractivity (Wildman–Crippen MR) is 65.0 cm³/mol. The van der Waals surface area contributed by atoms with E-state index in [-0.39, 0.29) is 12.9 Å². The Balaban J connectivity index is 2.02. The fourth-order valence-corrected chi connectivity index (χ4v) is 1.87. The average molecular weight is 275 g/mol. The number of hydrogen-bond donors (Lipinski definition) is 1. The highest BCUT2D eigenvalue weighted by Crippen LogP contribution is 2.32. The maximum absolute atomic E-state index is 12.6. The van der Waals surface area contributed by atoms with Crippen LogP contribution in [0.5, 0.6) is 0 Å². The summed E-state index contributed by atoms with van der Waals surface area (Å²) in [7, 11) is 0. The summed E-state index contributed by atoms with van der Waals surface area (Å²) in [5.41, 5.74) is 0.624. The molecule has 1 aromatic carbocycles. The van der Waals surface area contributed by atoms with Crippen molar-refractivity contribution >= 4 is 5.69 Å². The van der Waals surface area contributed by atoms with E-state index in [4.69, 9.17) is 9.47 Å². The Kier molecular flexibility index (Phi) is 4.31. The summed E-state index contributed by atoms with van der Waals surface area (Å²) in [6.45, 7) is 3.11. The van der Waals surface area contributed by atoms with Crippen molar-refractivity contribution in [2.75, 3.05) is 25.3 Å². The Morgan fingerprint density at radius 3 is 2.79 bits per heavy atom. The zero-order valence-electron chi connectivity index (χ0n) is 10.6. The van der Waals surface area contributed by atoms with Gasteiger partial charge in [-0.3, -0.25) is 0 Å². The summed E-state index contributed by atoms with van der Waals surface area (Å²) < 4.78 is 48.2. The van der Waals surface area contributed by atoms with Crippen LogP contribution in [0.4, 0.5) is 18.9 Å². The van der Waals surface area contributed by atoms with E-state index in [1.807, 2.05) is 0 Å². The van der Waals surface area contributed by atoms with Crippen LogP contribution in [0, 0.1) is 6.92 Å². The Bertz CT molecular complexity index is 428. The highest BCUT2D eigenvalue weighted by molar-refractivity contribution is 5.53. The van der Waals surface area contributed by atoms with Gasteiger partial charge in [0.2, 0.25) is 0 Å². The quantitative estimate of drug-likeness (QED) is 0.919. The number of aryl methyl sites for hydroxylation is 1. The second kappa shape index (κ2) is 5.79. The summed E-state index contributed by atoms with van der Waals surface area (Å²) in [6.07, 6.45) is -3.60. The van der Waals surface area contributed by atoms with Crippen molar-refractivity contribution in [1.82, 2.24) is 0 Å². The number of halogens is 3. The van der Waals surface area contributed by atoms with Gasteiger partial charge in [0.25, 0.3) is 0 Å². The van der Waals surface area contributed by atoms with Gasteiger partial charge >= 0.3 is 6.18 Å². The second-order valence-electron chi connectivity index (χ2n) is 4.51. The molecule has 1 N–H and O–H groups in total. The number of ether oxygens (including phenoxy) is 2. The molecule has 19 heavy (non-hydrogen) atoms. The molecule has 1 atom stereocenters. The number of hydrogen-bond acceptors (Lipinski definition) is 3. The van der Waals surface area contributed by atoms with Crippen molar-refractivity contribution in [3.05, 3.63) is 29.3 Å². The number of alkyl halides is 3. The van der Waals surface area contributed by atoms with Crippen LogP contribution in [0.3, 0.4) is 0 Å². The maximum atomic E-state index is 12.6. The van der Waals surface area contributed by atoms with Crippen molar-refractivity contribution in [2.45, 2.75) is 25.6 Å². The largest absolute Gasteiger partial charge is 0.416 e. The molecular formula is C13H16F3NO2. The van der Waals surface area contributed by atoms with E-state index in [2.05, 4.69) is 5.32 Å². The lowest BCUT2D eigenvalue weighted by Crippen LogP contribution is -2.30. The standard InChI is InChI=1S/C13H16F3NO2/c1-9-2-3-10(13(14,15)16)6-12(9)17-7-11-4-5-18-8-19-11/h2-3,6,11,17H,4-5,7-8H2,1H3. The first-order chi connectivity index (χ1) is 8.97. The Morgan fingerprint density at radius 2 is 2.16 bits per heavy atom. The van der Waals surface area contributed by atoms with Gasteiger partial charge in [0.1, 0.15) is 6.79 Å². The predicted octanol–water partition coefficient (Wildman–Crippen LogP) is 3.19. The van der Waals surface area contributed by atoms with Crippen molar-refractivity contribution in [3.8, 4) is 0 Å². The van der Waals surface area contributed by atoms with Crippen molar-refractivity contribution in [1.29, 1.82) is 0 Å². The van der Waals surface area contributed by atoms with Crippen LogP contribution < -0.4 is 5.32 Å². The van der Waals surface area contributed by atoms with Gasteiger partial charge in [-0.25, -0.2) is 0 Å². The molecule has 1 aliphatic rings. The van der Waals surface area contributed by atoms with Crippen LogP contribution in [0.15, 0.2) is 18.2 Å². The minimum atomic E-state index is -4.32. The molecule has 0 spiro atoms. The highest BCUT2D eigenvalue weighted by atomic mass is 19.4. The zero-order chi connectivity index (χ0) is 13.9. The average Bonchev–Trinajstić information content (AvgIpc) is 2.37. The van der Waals surface area contributed by atoms with Gasteiger partial charge in [0.15, 0.2) is 0 Å². The molecule has 0 aromatic heterocycles. The van der Waals surface area contributed by atoms with Gasteiger partial charge < -0.3 is 14.8 Å². The molecule has 1 fully saturated rings. The van der Waals surface area contributed by atoms with E-state index in [0.29, 0.717) is 18.8 Å². The van der Waals surface area contributed by atoms with Crippen molar-refractivity contribution < 1.29 is 22.6 Å². The third kappa shape index (κ3) is 3.84. The lowest BCUT2D eigenvalue weighted by molar-refractivity contribution is -0.137. The molecule has 1 heterocycles. The van der Waals surface area contributed by atoms with Crippen molar-refractivity contribution in [3.63, 3.8) is 0 Å². The van der Waals surface area contributed by atoms with E-state index in [9.17, 15) is 13.2 Å². The Morgan fingerprint density at radius 1 is 1.37 bits per heavy atom. The van der Waals surface area contributed by atoms with Gasteiger partial charge in [0.05, 0.1) is 18.3 Å². The third-order valence-corrected chi connectivity index (χ3v) is 3.06. The molecular weight excluding hydrogens is 259 g/mol. The van der Waals surface area contributed by atoms with Crippen LogP contribution in [0.25, 0.3) is 0 Å². The fourth-order valence-electron chi connectivity index (χ4n) is 1.87. The molecule has 0 bridgehead atoms. The van der Waals surface area contributed by atoms with E-state index < -0.39 is 11.7 Å². The molecule has 0 saturated carbocycles. The number of nitrogens with one attached hydrogen (secondary N) is 1. The number of anilines is 1. The lowest BCUT2D eigenvalue weighted by Gasteiger charge is -2.24. The molecule has 6 heteroatoms. The number of rotatable bonds is 3. The van der Waals surface area contributed by atoms with Gasteiger partial charge in [-0.1, -0.05) is 6.07 Å². The smallest absolute Gasteiger partial charge is 0.382 e. The van der Waals surface area contributed by atoms with Gasteiger partial charge in [-0.2, -0.15) is 13.2 Å². The summed E-state index contributed by atoms with van der Waals surface area (Å²) in [5, 5.41) is 3.01.